The summed E-state index contributed by atoms with van der Waals surface area (Å²) in [5.74, 6) is -1.20. The van der Waals surface area contributed by atoms with Crippen LogP contribution in [0.4, 0.5) is 5.69 Å². The number of hydrogen-bond donors (Lipinski definition) is 0. The van der Waals surface area contributed by atoms with Crippen molar-refractivity contribution in [3.05, 3.63) is 239 Å². The molecule has 6 aromatic rings. The summed E-state index contributed by atoms with van der Waals surface area (Å²) < 4.78 is 2.37. The highest BCUT2D eigenvalue weighted by atomic mass is 16.4. The topological polar surface area (TPSA) is 46.4 Å². The number of carboxylic acids is 1. The SMILES string of the molecule is O=C([O-])c1ccccc1C(=C1C=CC(=[N+](Cc2ccccc2)Cc2ccccc2)C=C1)c1ccc(N(Cc2ccccc2)Cc2ccccc2)cc1. The molecular formula is C48H40N2O2. The van der Waals surface area contributed by atoms with Gasteiger partial charge in [0, 0.05) is 47.6 Å². The minimum absolute atomic E-state index is 0.162. The second kappa shape index (κ2) is 16.5. The number of carbonyl (C=O) groups is 1. The first kappa shape index (κ1) is 34.0. The highest BCUT2D eigenvalue weighted by molar-refractivity contribution is 6.05. The molecule has 0 spiro atoms. The number of allylic oxidation sites excluding steroid dienone is 5. The molecule has 0 radical (unpaired) electrons. The zero-order valence-electron chi connectivity index (χ0n) is 29.0. The Morgan fingerprint density at radius 2 is 0.904 bits per heavy atom. The highest BCUT2D eigenvalue weighted by Gasteiger charge is 2.19. The third-order valence-electron chi connectivity index (χ3n) is 9.32. The summed E-state index contributed by atoms with van der Waals surface area (Å²) in [6.07, 6.45) is 8.48. The van der Waals surface area contributed by atoms with Gasteiger partial charge in [-0.05, 0) is 57.7 Å². The van der Waals surface area contributed by atoms with Crippen molar-refractivity contribution in [3.63, 3.8) is 0 Å². The van der Waals surface area contributed by atoms with Crippen molar-refractivity contribution >= 4 is 22.9 Å². The number of anilines is 1. The molecule has 4 nitrogen and oxygen atoms in total. The molecule has 4 heteroatoms. The van der Waals surface area contributed by atoms with E-state index >= 15 is 0 Å². The lowest BCUT2D eigenvalue weighted by Crippen LogP contribution is -2.24. The quantitative estimate of drug-likeness (QED) is 0.122. The zero-order valence-corrected chi connectivity index (χ0v) is 29.0. The first-order chi connectivity index (χ1) is 25.6. The Morgan fingerprint density at radius 3 is 1.37 bits per heavy atom. The van der Waals surface area contributed by atoms with E-state index in [2.05, 4.69) is 155 Å². The number of benzene rings is 6. The molecular weight excluding hydrogens is 637 g/mol. The number of carboxylic acid groups (broad SMARTS) is 1. The average Bonchev–Trinajstić information content (AvgIpc) is 3.20. The van der Waals surface area contributed by atoms with Gasteiger partial charge in [0.15, 0.2) is 13.1 Å². The molecule has 0 fully saturated rings. The molecule has 7 rings (SSSR count). The molecule has 254 valence electrons. The molecule has 52 heavy (non-hydrogen) atoms. The fourth-order valence-corrected chi connectivity index (χ4v) is 6.73. The molecule has 0 heterocycles. The Bertz CT molecular complexity index is 2130. The van der Waals surface area contributed by atoms with E-state index in [0.29, 0.717) is 5.56 Å². The summed E-state index contributed by atoms with van der Waals surface area (Å²) in [4.78, 5) is 14.8. The van der Waals surface area contributed by atoms with Gasteiger partial charge in [-0.1, -0.05) is 158 Å². The largest absolute Gasteiger partial charge is 0.545 e. The number of carbonyl (C=O) groups excluding carboxylic acids is 1. The second-order valence-corrected chi connectivity index (χ2v) is 13.0. The number of aromatic carboxylic acids is 1. The van der Waals surface area contributed by atoms with E-state index in [1.165, 1.54) is 22.3 Å². The number of rotatable bonds is 12. The van der Waals surface area contributed by atoms with Crippen LogP contribution in [0.15, 0.2) is 200 Å². The molecule has 0 aromatic heterocycles. The standard InChI is InChI=1S/C48H40N2O2/c51-48(52)46-24-14-13-23-45(46)47(41-25-29-43(30-26-41)49(33-37-15-5-1-6-16-37)34-38-17-7-2-8-18-38)42-27-31-44(32-28-42)50(35-39-19-9-3-10-20-39)36-40-21-11-4-12-22-40/h1-32H,33-36H2. The summed E-state index contributed by atoms with van der Waals surface area (Å²) in [6.45, 7) is 3.01. The predicted octanol–water partition coefficient (Wildman–Crippen LogP) is 9.04. The Kier molecular flexibility index (Phi) is 10.7. The molecule has 0 atom stereocenters. The lowest BCUT2D eigenvalue weighted by molar-refractivity contribution is -0.558. The lowest BCUT2D eigenvalue weighted by Gasteiger charge is -2.26. The van der Waals surface area contributed by atoms with Crippen LogP contribution in [-0.4, -0.2) is 16.3 Å². The first-order valence-electron chi connectivity index (χ1n) is 17.6. The second-order valence-electron chi connectivity index (χ2n) is 13.0. The zero-order chi connectivity index (χ0) is 35.5. The molecule has 0 N–H and O–H groups in total. The lowest BCUT2D eigenvalue weighted by atomic mass is 9.88. The predicted molar refractivity (Wildman–Crippen MR) is 210 cm³/mol. The van der Waals surface area contributed by atoms with Crippen LogP contribution in [0, 0.1) is 0 Å². The summed E-state index contributed by atoms with van der Waals surface area (Å²) >= 11 is 0. The molecule has 0 bridgehead atoms. The number of hydrogen-bond acceptors (Lipinski definition) is 3. The monoisotopic (exact) mass is 676 g/mol. The highest BCUT2D eigenvalue weighted by Crippen LogP contribution is 2.33. The van der Waals surface area contributed by atoms with Crippen LogP contribution in [0.5, 0.6) is 0 Å². The van der Waals surface area contributed by atoms with E-state index in [1.54, 1.807) is 12.1 Å². The summed E-state index contributed by atoms with van der Waals surface area (Å²) in [5.41, 5.74) is 10.6. The van der Waals surface area contributed by atoms with Crippen molar-refractivity contribution in [1.29, 1.82) is 0 Å². The molecule has 0 aliphatic heterocycles. The van der Waals surface area contributed by atoms with Crippen LogP contribution in [0.2, 0.25) is 0 Å². The van der Waals surface area contributed by atoms with Crippen molar-refractivity contribution in [3.8, 4) is 0 Å². The van der Waals surface area contributed by atoms with Gasteiger partial charge in [-0.25, -0.2) is 4.58 Å². The maximum atomic E-state index is 12.4. The average molecular weight is 677 g/mol. The van der Waals surface area contributed by atoms with Crippen LogP contribution in [0.25, 0.3) is 5.57 Å². The van der Waals surface area contributed by atoms with Gasteiger partial charge in [-0.2, -0.15) is 0 Å². The molecule has 0 amide bonds. The third-order valence-corrected chi connectivity index (χ3v) is 9.32. The minimum Gasteiger partial charge on any atom is -0.545 e. The fraction of sp³-hybridized carbons (Fsp3) is 0.0833. The van der Waals surface area contributed by atoms with E-state index in [-0.39, 0.29) is 5.56 Å². The van der Waals surface area contributed by atoms with Crippen LogP contribution in [0.1, 0.15) is 43.7 Å². The molecule has 0 unspecified atom stereocenters. The maximum Gasteiger partial charge on any atom is 0.200 e. The van der Waals surface area contributed by atoms with Gasteiger partial charge in [0.1, 0.15) is 0 Å². The fourth-order valence-electron chi connectivity index (χ4n) is 6.73. The third kappa shape index (κ3) is 8.43. The summed E-state index contributed by atoms with van der Waals surface area (Å²) in [5, 5.41) is 12.4. The van der Waals surface area contributed by atoms with E-state index in [0.717, 1.165) is 54.3 Å². The van der Waals surface area contributed by atoms with Crippen molar-refractivity contribution in [2.75, 3.05) is 4.90 Å². The van der Waals surface area contributed by atoms with Gasteiger partial charge >= 0.3 is 0 Å². The molecule has 1 aliphatic rings. The van der Waals surface area contributed by atoms with Crippen LogP contribution in [0.3, 0.4) is 0 Å². The van der Waals surface area contributed by atoms with Crippen LogP contribution in [-0.2, 0) is 26.2 Å². The normalized spacial score (nSPS) is 12.1. The van der Waals surface area contributed by atoms with Gasteiger partial charge < -0.3 is 14.8 Å². The van der Waals surface area contributed by atoms with Gasteiger partial charge in [0.25, 0.3) is 0 Å². The van der Waals surface area contributed by atoms with Crippen molar-refractivity contribution in [2.45, 2.75) is 26.2 Å². The van der Waals surface area contributed by atoms with Crippen molar-refractivity contribution in [2.24, 2.45) is 0 Å². The van der Waals surface area contributed by atoms with Gasteiger partial charge in [0.2, 0.25) is 5.71 Å². The summed E-state index contributed by atoms with van der Waals surface area (Å²) in [7, 11) is 0. The van der Waals surface area contributed by atoms with Gasteiger partial charge in [-0.15, -0.1) is 0 Å². The van der Waals surface area contributed by atoms with Gasteiger partial charge in [0.05, 0.1) is 5.97 Å². The Labute approximate surface area is 306 Å². The molecule has 1 aliphatic carbocycles. The smallest absolute Gasteiger partial charge is 0.200 e. The van der Waals surface area contributed by atoms with E-state index < -0.39 is 5.97 Å². The minimum atomic E-state index is -1.20. The number of nitrogens with zero attached hydrogens (tertiary/aromatic N) is 2. The van der Waals surface area contributed by atoms with Crippen molar-refractivity contribution < 1.29 is 14.5 Å². The Balaban J connectivity index is 1.28. The Hall–Kier alpha value is -6.52. The van der Waals surface area contributed by atoms with Crippen LogP contribution >= 0.6 is 0 Å². The summed E-state index contributed by atoms with van der Waals surface area (Å²) in [6, 6.07) is 57.6. The van der Waals surface area contributed by atoms with E-state index in [9.17, 15) is 9.90 Å². The van der Waals surface area contributed by atoms with Crippen molar-refractivity contribution in [1.82, 2.24) is 0 Å². The maximum absolute atomic E-state index is 12.4. The Morgan fingerprint density at radius 1 is 0.481 bits per heavy atom. The van der Waals surface area contributed by atoms with Gasteiger partial charge in [-0.3, -0.25) is 0 Å². The van der Waals surface area contributed by atoms with Crippen LogP contribution < -0.4 is 10.0 Å². The molecule has 0 saturated heterocycles. The van der Waals surface area contributed by atoms with E-state index in [4.69, 9.17) is 0 Å². The molecule has 6 aromatic carbocycles. The first-order valence-corrected chi connectivity index (χ1v) is 17.6. The van der Waals surface area contributed by atoms with E-state index in [1.807, 2.05) is 36.4 Å². The molecule has 0 saturated carbocycles.